The van der Waals surface area contributed by atoms with Crippen molar-refractivity contribution in [2.45, 2.75) is 12.5 Å². The maximum atomic E-state index is 13.8. The highest BCUT2D eigenvalue weighted by molar-refractivity contribution is 9.10. The van der Waals surface area contributed by atoms with E-state index in [2.05, 4.69) is 27.3 Å². The number of halogens is 2. The average Bonchev–Trinajstić information content (AvgIpc) is 2.31. The van der Waals surface area contributed by atoms with Crippen molar-refractivity contribution in [1.82, 2.24) is 10.2 Å². The molecule has 0 aliphatic heterocycles. The molecule has 0 aromatic heterocycles. The normalized spacial score (nSPS) is 14.3. The minimum Gasteiger partial charge on any atom is -0.308 e. The van der Waals surface area contributed by atoms with Gasteiger partial charge in [0.25, 0.3) is 0 Å². The van der Waals surface area contributed by atoms with E-state index < -0.39 is 5.54 Å². The van der Waals surface area contributed by atoms with E-state index in [0.29, 0.717) is 12.1 Å². The molecule has 3 nitrogen and oxygen atoms in total. The predicted molar refractivity (Wildman–Crippen MR) is 73.6 cm³/mol. The Hall–Kier alpha value is -0.960. The first-order valence-corrected chi connectivity index (χ1v) is 6.45. The van der Waals surface area contributed by atoms with Crippen LogP contribution in [0.2, 0.25) is 0 Å². The summed E-state index contributed by atoms with van der Waals surface area (Å²) in [4.78, 5) is 2.00. The third-order valence-electron chi connectivity index (χ3n) is 2.73. The smallest absolute Gasteiger partial charge is 0.132 e. The maximum Gasteiger partial charge on any atom is 0.132 e. The maximum absolute atomic E-state index is 13.8. The van der Waals surface area contributed by atoms with Crippen LogP contribution in [0.15, 0.2) is 22.7 Å². The lowest BCUT2D eigenvalue weighted by atomic mass is 9.93. The molecule has 1 atom stereocenters. The van der Waals surface area contributed by atoms with Gasteiger partial charge in [0.1, 0.15) is 11.4 Å². The number of nitrogens with zero attached hydrogens (tertiary/aromatic N) is 2. The van der Waals surface area contributed by atoms with Crippen molar-refractivity contribution in [3.8, 4) is 6.07 Å². The second-order valence-corrected chi connectivity index (χ2v) is 5.51. The molecule has 1 rings (SSSR count). The van der Waals surface area contributed by atoms with Crippen LogP contribution in [-0.2, 0) is 5.54 Å². The Bertz CT molecular complexity index is 456. The molecule has 0 spiro atoms. The third kappa shape index (κ3) is 3.77. The van der Waals surface area contributed by atoms with Gasteiger partial charge in [0.05, 0.1) is 6.07 Å². The standard InChI is InChI=1S/C13H17BrFN3/c1-13(9-16,17-6-7-18(2)3)11-8-10(14)4-5-12(11)15/h4-5,8,17H,6-7H2,1-3H3. The molecule has 0 bridgehead atoms. The molecule has 1 aromatic rings. The van der Waals surface area contributed by atoms with Crippen LogP contribution in [0.1, 0.15) is 12.5 Å². The van der Waals surface area contributed by atoms with Crippen LogP contribution in [-0.4, -0.2) is 32.1 Å². The predicted octanol–water partition coefficient (Wildman–Crippen LogP) is 2.48. The summed E-state index contributed by atoms with van der Waals surface area (Å²) in [5.74, 6) is -0.375. The molecule has 0 radical (unpaired) electrons. The van der Waals surface area contributed by atoms with E-state index in [1.165, 1.54) is 6.07 Å². The van der Waals surface area contributed by atoms with Crippen LogP contribution in [0.4, 0.5) is 4.39 Å². The van der Waals surface area contributed by atoms with Gasteiger partial charge < -0.3 is 4.90 Å². The number of nitriles is 1. The van der Waals surface area contributed by atoms with Gasteiger partial charge in [0, 0.05) is 23.1 Å². The molecule has 0 heterocycles. The number of nitrogens with one attached hydrogen (secondary N) is 1. The minimum atomic E-state index is -1.02. The highest BCUT2D eigenvalue weighted by Gasteiger charge is 2.29. The molecule has 1 unspecified atom stereocenters. The fourth-order valence-corrected chi connectivity index (χ4v) is 1.97. The summed E-state index contributed by atoms with van der Waals surface area (Å²) in [6.45, 7) is 3.09. The van der Waals surface area contributed by atoms with Gasteiger partial charge in [0.2, 0.25) is 0 Å². The van der Waals surface area contributed by atoms with Crippen LogP contribution in [0.5, 0.6) is 0 Å². The molecule has 0 aliphatic rings. The number of rotatable bonds is 5. The van der Waals surface area contributed by atoms with Crippen LogP contribution < -0.4 is 5.32 Å². The van der Waals surface area contributed by atoms with E-state index in [1.54, 1.807) is 19.1 Å². The lowest BCUT2D eigenvalue weighted by Crippen LogP contribution is -2.42. The fourth-order valence-electron chi connectivity index (χ4n) is 1.61. The quantitative estimate of drug-likeness (QED) is 0.907. The van der Waals surface area contributed by atoms with Crippen molar-refractivity contribution < 1.29 is 4.39 Å². The van der Waals surface area contributed by atoms with E-state index >= 15 is 0 Å². The van der Waals surface area contributed by atoms with Gasteiger partial charge in [-0.2, -0.15) is 5.26 Å². The van der Waals surface area contributed by atoms with Gasteiger partial charge in [-0.05, 0) is 39.2 Å². The minimum absolute atomic E-state index is 0.359. The number of benzene rings is 1. The Morgan fingerprint density at radius 1 is 1.50 bits per heavy atom. The van der Waals surface area contributed by atoms with E-state index in [-0.39, 0.29) is 5.82 Å². The van der Waals surface area contributed by atoms with Crippen molar-refractivity contribution in [1.29, 1.82) is 5.26 Å². The van der Waals surface area contributed by atoms with Gasteiger partial charge in [-0.15, -0.1) is 0 Å². The van der Waals surface area contributed by atoms with Crippen LogP contribution >= 0.6 is 15.9 Å². The van der Waals surface area contributed by atoms with E-state index in [9.17, 15) is 9.65 Å². The van der Waals surface area contributed by atoms with E-state index in [1.807, 2.05) is 19.0 Å². The topological polar surface area (TPSA) is 39.1 Å². The Morgan fingerprint density at radius 2 is 2.17 bits per heavy atom. The van der Waals surface area contributed by atoms with Crippen molar-refractivity contribution in [2.75, 3.05) is 27.2 Å². The highest BCUT2D eigenvalue weighted by atomic mass is 79.9. The largest absolute Gasteiger partial charge is 0.308 e. The van der Waals surface area contributed by atoms with Gasteiger partial charge in [-0.25, -0.2) is 4.39 Å². The Kier molecular flexibility index (Phi) is 5.27. The molecule has 0 amide bonds. The fraction of sp³-hybridized carbons (Fsp3) is 0.462. The summed E-state index contributed by atoms with van der Waals surface area (Å²) in [5.41, 5.74) is -0.665. The molecule has 5 heteroatoms. The third-order valence-corrected chi connectivity index (χ3v) is 3.22. The second kappa shape index (κ2) is 6.28. The summed E-state index contributed by atoms with van der Waals surface area (Å²) in [5, 5.41) is 12.4. The van der Waals surface area contributed by atoms with Crippen LogP contribution in [0, 0.1) is 17.1 Å². The molecule has 1 N–H and O–H groups in total. The summed E-state index contributed by atoms with van der Waals surface area (Å²) in [6, 6.07) is 6.77. The van der Waals surface area contributed by atoms with Crippen molar-refractivity contribution in [3.63, 3.8) is 0 Å². The van der Waals surface area contributed by atoms with Crippen LogP contribution in [0.3, 0.4) is 0 Å². The number of hydrogen-bond acceptors (Lipinski definition) is 3. The summed E-state index contributed by atoms with van der Waals surface area (Å²) in [7, 11) is 3.90. The SMILES string of the molecule is CN(C)CCNC(C)(C#N)c1cc(Br)ccc1F. The Labute approximate surface area is 116 Å². The summed E-state index contributed by atoms with van der Waals surface area (Å²) < 4.78 is 14.6. The van der Waals surface area contributed by atoms with Gasteiger partial charge >= 0.3 is 0 Å². The zero-order valence-electron chi connectivity index (χ0n) is 10.8. The zero-order valence-corrected chi connectivity index (χ0v) is 12.4. The molecular weight excluding hydrogens is 297 g/mol. The molecular formula is C13H17BrFN3. The van der Waals surface area contributed by atoms with E-state index in [4.69, 9.17) is 0 Å². The molecule has 1 aromatic carbocycles. The lowest BCUT2D eigenvalue weighted by molar-refractivity contribution is 0.362. The van der Waals surface area contributed by atoms with Gasteiger partial charge in [0.15, 0.2) is 0 Å². The Balaban J connectivity index is 2.93. The van der Waals surface area contributed by atoms with Gasteiger partial charge in [-0.3, -0.25) is 5.32 Å². The molecule has 98 valence electrons. The van der Waals surface area contributed by atoms with Gasteiger partial charge in [-0.1, -0.05) is 15.9 Å². The first kappa shape index (κ1) is 15.1. The van der Waals surface area contributed by atoms with Crippen molar-refractivity contribution in [2.24, 2.45) is 0 Å². The molecule has 0 fully saturated rings. The monoisotopic (exact) mass is 313 g/mol. The van der Waals surface area contributed by atoms with E-state index in [0.717, 1.165) is 11.0 Å². The number of likely N-dealkylation sites (N-methyl/N-ethyl adjacent to an activating group) is 1. The molecule has 0 aliphatic carbocycles. The molecule has 18 heavy (non-hydrogen) atoms. The second-order valence-electron chi connectivity index (χ2n) is 4.59. The summed E-state index contributed by atoms with van der Waals surface area (Å²) in [6.07, 6.45) is 0. The first-order valence-electron chi connectivity index (χ1n) is 5.65. The number of hydrogen-bond donors (Lipinski definition) is 1. The lowest BCUT2D eigenvalue weighted by Gasteiger charge is -2.25. The van der Waals surface area contributed by atoms with Crippen molar-refractivity contribution >= 4 is 15.9 Å². The molecule has 0 saturated carbocycles. The average molecular weight is 314 g/mol. The van der Waals surface area contributed by atoms with Crippen molar-refractivity contribution in [3.05, 3.63) is 34.1 Å². The Morgan fingerprint density at radius 3 is 2.72 bits per heavy atom. The summed E-state index contributed by atoms with van der Waals surface area (Å²) >= 11 is 3.30. The zero-order chi connectivity index (χ0) is 13.8. The highest BCUT2D eigenvalue weighted by Crippen LogP contribution is 2.26. The first-order chi connectivity index (χ1) is 8.39. The molecule has 0 saturated heterocycles. The van der Waals surface area contributed by atoms with Crippen LogP contribution in [0.25, 0.3) is 0 Å².